The van der Waals surface area contributed by atoms with Crippen LogP contribution in [0.2, 0.25) is 0 Å². The number of hydrogen-bond donors (Lipinski definition) is 1. The first-order valence-electron chi connectivity index (χ1n) is 3.96. The van der Waals surface area contributed by atoms with Gasteiger partial charge in [0.2, 0.25) is 6.39 Å². The minimum Gasteiger partial charge on any atom is -0.411 e. The summed E-state index contributed by atoms with van der Waals surface area (Å²) in [6.07, 6.45) is 1.06. The van der Waals surface area contributed by atoms with E-state index in [1.54, 1.807) is 24.3 Å². The Hall–Kier alpha value is -2.17. The fourth-order valence-electron chi connectivity index (χ4n) is 1.07. The number of benzene rings is 1. The van der Waals surface area contributed by atoms with Crippen molar-refractivity contribution in [3.63, 3.8) is 0 Å². The third-order valence-corrected chi connectivity index (χ3v) is 1.73. The molecule has 5 nitrogen and oxygen atoms in total. The summed E-state index contributed by atoms with van der Waals surface area (Å²) in [5.74, 6) is -0.371. The average molecular weight is 189 g/mol. The predicted octanol–water partition coefficient (Wildman–Crippen LogP) is 0.644. The molecule has 0 spiro atoms. The van der Waals surface area contributed by atoms with Gasteiger partial charge in [0.25, 0.3) is 5.91 Å². The van der Waals surface area contributed by atoms with E-state index in [0.717, 1.165) is 11.1 Å². The van der Waals surface area contributed by atoms with Gasteiger partial charge in [0, 0.05) is 5.56 Å². The average Bonchev–Trinajstić information content (AvgIpc) is 2.65. The molecule has 0 aliphatic rings. The molecule has 1 aromatic heterocycles. The number of nitrogens with zero attached hydrogens (tertiary/aromatic N) is 2. The maximum atomic E-state index is 11.6. The summed E-state index contributed by atoms with van der Waals surface area (Å²) < 4.78 is 5.50. The molecule has 1 N–H and O–H groups in total. The second kappa shape index (κ2) is 3.29. The Kier molecular flexibility index (Phi) is 1.98. The maximum Gasteiger partial charge on any atom is 0.319 e. The van der Waals surface area contributed by atoms with Crippen LogP contribution >= 0.6 is 0 Å². The van der Waals surface area contributed by atoms with Crippen molar-refractivity contribution in [1.29, 1.82) is 5.41 Å². The summed E-state index contributed by atoms with van der Waals surface area (Å²) >= 11 is 0. The summed E-state index contributed by atoms with van der Waals surface area (Å²) in [4.78, 5) is 11.6. The smallest absolute Gasteiger partial charge is 0.319 e. The van der Waals surface area contributed by atoms with Gasteiger partial charge in [-0.05, 0) is 12.1 Å². The van der Waals surface area contributed by atoms with Gasteiger partial charge in [0.1, 0.15) is 0 Å². The van der Waals surface area contributed by atoms with E-state index in [2.05, 4.69) is 9.52 Å². The molecule has 5 heteroatoms. The van der Waals surface area contributed by atoms with Gasteiger partial charge in [-0.1, -0.05) is 18.2 Å². The standard InChI is InChI=1S/C9H7N3O2/c10-9-12(11-6-14-9)8(13)7-4-2-1-3-5-7/h1-6,10H. The Labute approximate surface area is 79.1 Å². The monoisotopic (exact) mass is 189 g/mol. The zero-order chi connectivity index (χ0) is 9.97. The van der Waals surface area contributed by atoms with Gasteiger partial charge in [-0.3, -0.25) is 4.79 Å². The Morgan fingerprint density at radius 1 is 1.36 bits per heavy atom. The van der Waals surface area contributed by atoms with Crippen LogP contribution in [0.5, 0.6) is 0 Å². The molecule has 2 rings (SSSR count). The summed E-state index contributed by atoms with van der Waals surface area (Å²) in [6.45, 7) is 0. The van der Waals surface area contributed by atoms with E-state index in [9.17, 15) is 4.79 Å². The molecule has 0 radical (unpaired) electrons. The van der Waals surface area contributed by atoms with Crippen molar-refractivity contribution in [2.45, 2.75) is 0 Å². The molecule has 14 heavy (non-hydrogen) atoms. The molecule has 70 valence electrons. The van der Waals surface area contributed by atoms with Crippen molar-refractivity contribution < 1.29 is 9.21 Å². The lowest BCUT2D eigenvalue weighted by molar-refractivity contribution is 0.0935. The SMILES string of the molecule is N=c1ocnn1C(=O)c1ccccc1. The third kappa shape index (κ3) is 1.35. The first-order valence-corrected chi connectivity index (χ1v) is 3.96. The van der Waals surface area contributed by atoms with Crippen LogP contribution in [0.25, 0.3) is 0 Å². The first-order chi connectivity index (χ1) is 6.79. The summed E-state index contributed by atoms with van der Waals surface area (Å²) in [6, 6.07) is 8.62. The van der Waals surface area contributed by atoms with Crippen LogP contribution in [-0.4, -0.2) is 15.7 Å². The molecule has 0 unspecified atom stereocenters. The maximum absolute atomic E-state index is 11.6. The summed E-state index contributed by atoms with van der Waals surface area (Å²) in [5, 5.41) is 10.8. The Balaban J connectivity index is 2.44. The highest BCUT2D eigenvalue weighted by molar-refractivity contribution is 5.94. The van der Waals surface area contributed by atoms with Crippen LogP contribution in [0, 0.1) is 5.41 Å². The first kappa shape index (κ1) is 8.43. The van der Waals surface area contributed by atoms with E-state index in [1.165, 1.54) is 0 Å². The number of carbonyl (C=O) groups excluding carboxylic acids is 1. The minimum absolute atomic E-state index is 0.279. The molecule has 0 saturated carbocycles. The number of rotatable bonds is 1. The largest absolute Gasteiger partial charge is 0.411 e. The van der Waals surface area contributed by atoms with E-state index >= 15 is 0 Å². The van der Waals surface area contributed by atoms with E-state index in [1.807, 2.05) is 6.07 Å². The van der Waals surface area contributed by atoms with Gasteiger partial charge >= 0.3 is 5.68 Å². The van der Waals surface area contributed by atoms with Crippen LogP contribution in [0.1, 0.15) is 10.4 Å². The summed E-state index contributed by atoms with van der Waals surface area (Å²) in [5.41, 5.74) is 0.193. The molecule has 0 amide bonds. The molecular formula is C9H7N3O2. The molecular weight excluding hydrogens is 182 g/mol. The third-order valence-electron chi connectivity index (χ3n) is 1.73. The molecule has 0 bridgehead atoms. The van der Waals surface area contributed by atoms with E-state index in [-0.39, 0.29) is 11.6 Å². The lowest BCUT2D eigenvalue weighted by Gasteiger charge is -1.96. The Bertz CT molecular complexity index is 498. The van der Waals surface area contributed by atoms with Crippen molar-refractivity contribution in [3.8, 4) is 0 Å². The molecule has 0 aliphatic carbocycles. The fourth-order valence-corrected chi connectivity index (χ4v) is 1.07. The zero-order valence-electron chi connectivity index (χ0n) is 7.18. The van der Waals surface area contributed by atoms with E-state index in [4.69, 9.17) is 5.41 Å². The molecule has 0 fully saturated rings. The topological polar surface area (TPSA) is 71.9 Å². The van der Waals surface area contributed by atoms with E-state index < -0.39 is 0 Å². The van der Waals surface area contributed by atoms with Gasteiger partial charge in [-0.25, -0.2) is 5.41 Å². The number of nitrogens with one attached hydrogen (secondary N) is 1. The Morgan fingerprint density at radius 3 is 2.64 bits per heavy atom. The number of carbonyl (C=O) groups is 1. The number of aromatic nitrogens is 2. The van der Waals surface area contributed by atoms with Gasteiger partial charge in [-0.2, -0.15) is 0 Å². The minimum atomic E-state index is -0.371. The van der Waals surface area contributed by atoms with Gasteiger partial charge in [-0.15, -0.1) is 9.78 Å². The fraction of sp³-hybridized carbons (Fsp3) is 0. The quantitative estimate of drug-likeness (QED) is 0.715. The molecule has 2 aromatic rings. The van der Waals surface area contributed by atoms with Gasteiger partial charge in [0.05, 0.1) is 0 Å². The molecule has 1 aromatic carbocycles. The van der Waals surface area contributed by atoms with Gasteiger partial charge < -0.3 is 4.42 Å². The van der Waals surface area contributed by atoms with Crippen molar-refractivity contribution >= 4 is 5.91 Å². The highest BCUT2D eigenvalue weighted by atomic mass is 16.4. The molecule has 1 heterocycles. The normalized spacial score (nSPS) is 10.0. The molecule has 0 aliphatic heterocycles. The van der Waals surface area contributed by atoms with Crippen molar-refractivity contribution in [3.05, 3.63) is 48.0 Å². The van der Waals surface area contributed by atoms with Gasteiger partial charge in [0.15, 0.2) is 0 Å². The van der Waals surface area contributed by atoms with Crippen molar-refractivity contribution in [2.75, 3.05) is 0 Å². The lowest BCUT2D eigenvalue weighted by Crippen LogP contribution is -2.24. The van der Waals surface area contributed by atoms with E-state index in [0.29, 0.717) is 5.56 Å². The second-order valence-corrected chi connectivity index (χ2v) is 2.63. The van der Waals surface area contributed by atoms with Crippen LogP contribution < -0.4 is 5.68 Å². The van der Waals surface area contributed by atoms with Crippen molar-refractivity contribution in [1.82, 2.24) is 9.78 Å². The number of hydrogen-bond acceptors (Lipinski definition) is 4. The van der Waals surface area contributed by atoms with Crippen LogP contribution in [0.3, 0.4) is 0 Å². The highest BCUT2D eigenvalue weighted by Gasteiger charge is 2.10. The van der Waals surface area contributed by atoms with Crippen LogP contribution in [0.4, 0.5) is 0 Å². The lowest BCUT2D eigenvalue weighted by atomic mass is 10.2. The predicted molar refractivity (Wildman–Crippen MR) is 46.5 cm³/mol. The Morgan fingerprint density at radius 2 is 2.07 bits per heavy atom. The highest BCUT2D eigenvalue weighted by Crippen LogP contribution is 1.99. The zero-order valence-corrected chi connectivity index (χ0v) is 7.18. The van der Waals surface area contributed by atoms with Crippen LogP contribution in [0.15, 0.2) is 41.1 Å². The second-order valence-electron chi connectivity index (χ2n) is 2.63. The van der Waals surface area contributed by atoms with Crippen molar-refractivity contribution in [2.24, 2.45) is 0 Å². The summed E-state index contributed by atoms with van der Waals surface area (Å²) in [7, 11) is 0. The molecule has 0 atom stereocenters. The molecule has 0 saturated heterocycles. The van der Waals surface area contributed by atoms with Crippen LogP contribution in [-0.2, 0) is 0 Å².